The molecule has 1 aliphatic rings. The molecule has 0 spiro atoms. The van der Waals surface area contributed by atoms with E-state index < -0.39 is 0 Å². The second kappa shape index (κ2) is 5.59. The predicted molar refractivity (Wildman–Crippen MR) is 74.9 cm³/mol. The molecule has 0 aromatic heterocycles. The first-order valence-electron chi connectivity index (χ1n) is 6.52. The Kier molecular flexibility index (Phi) is 4.07. The maximum Gasteiger partial charge on any atom is 0.253 e. The second-order valence-electron chi connectivity index (χ2n) is 5.32. The van der Waals surface area contributed by atoms with Gasteiger partial charge in [-0.25, -0.2) is 0 Å². The Balaban J connectivity index is 2.17. The van der Waals surface area contributed by atoms with E-state index in [1.54, 1.807) is 0 Å². The molecule has 1 aromatic rings. The number of carbonyl (C=O) groups is 1. The van der Waals surface area contributed by atoms with Gasteiger partial charge in [0, 0.05) is 18.8 Å². The van der Waals surface area contributed by atoms with Crippen LogP contribution in [0.5, 0.6) is 0 Å². The number of nitrogen functional groups attached to an aromatic ring is 1. The first-order valence-corrected chi connectivity index (χ1v) is 6.52. The minimum absolute atomic E-state index is 0.0962. The van der Waals surface area contributed by atoms with Crippen LogP contribution in [0.1, 0.15) is 35.7 Å². The first-order chi connectivity index (χ1) is 9.04. The van der Waals surface area contributed by atoms with Gasteiger partial charge in [0.05, 0.1) is 11.3 Å². The van der Waals surface area contributed by atoms with Crippen molar-refractivity contribution in [1.29, 1.82) is 0 Å². The monoisotopic (exact) mass is 263 g/mol. The lowest BCUT2D eigenvalue weighted by atomic mass is 9.92. The van der Waals surface area contributed by atoms with Crippen molar-refractivity contribution >= 4 is 11.6 Å². The summed E-state index contributed by atoms with van der Waals surface area (Å²) in [7, 11) is 0. The lowest BCUT2D eigenvalue weighted by molar-refractivity contribution is 0.0423. The molecule has 104 valence electrons. The van der Waals surface area contributed by atoms with Crippen molar-refractivity contribution < 1.29 is 9.53 Å². The fourth-order valence-corrected chi connectivity index (χ4v) is 2.26. The van der Waals surface area contributed by atoms with Crippen LogP contribution < -0.4 is 16.6 Å². The van der Waals surface area contributed by atoms with Crippen LogP contribution in [-0.4, -0.2) is 24.7 Å². The van der Waals surface area contributed by atoms with Crippen LogP contribution in [0.4, 0.5) is 5.69 Å². The smallest absolute Gasteiger partial charge is 0.253 e. The Labute approximate surface area is 113 Å². The second-order valence-corrected chi connectivity index (χ2v) is 5.32. The van der Waals surface area contributed by atoms with E-state index in [0.717, 1.165) is 18.4 Å². The molecule has 1 amide bonds. The van der Waals surface area contributed by atoms with Gasteiger partial charge in [-0.1, -0.05) is 11.6 Å². The maximum absolute atomic E-state index is 12.4. The highest BCUT2D eigenvalue weighted by molar-refractivity contribution is 6.00. The molecule has 0 unspecified atom stereocenters. The third-order valence-electron chi connectivity index (χ3n) is 3.59. The van der Waals surface area contributed by atoms with Crippen molar-refractivity contribution in [2.45, 2.75) is 32.2 Å². The molecule has 0 aliphatic carbocycles. The Morgan fingerprint density at radius 1 is 1.37 bits per heavy atom. The van der Waals surface area contributed by atoms with Gasteiger partial charge in [-0.05, 0) is 38.8 Å². The molecular formula is C14H21N3O2. The van der Waals surface area contributed by atoms with E-state index in [0.29, 0.717) is 24.5 Å². The topological polar surface area (TPSA) is 76.4 Å². The lowest BCUT2D eigenvalue weighted by Gasteiger charge is -2.34. The summed E-state index contributed by atoms with van der Waals surface area (Å²) in [5.41, 5.74) is 4.61. The van der Waals surface area contributed by atoms with Crippen LogP contribution in [-0.2, 0) is 4.74 Å². The minimum atomic E-state index is -0.203. The van der Waals surface area contributed by atoms with Crippen LogP contribution in [0.2, 0.25) is 0 Å². The molecule has 2 rings (SSSR count). The molecule has 0 atom stereocenters. The van der Waals surface area contributed by atoms with Crippen LogP contribution >= 0.6 is 0 Å². The molecule has 5 heteroatoms. The molecule has 1 aromatic carbocycles. The fourth-order valence-electron chi connectivity index (χ4n) is 2.26. The Bertz CT molecular complexity index is 468. The highest BCUT2D eigenvalue weighted by Crippen LogP contribution is 2.22. The normalized spacial score (nSPS) is 17.8. The third kappa shape index (κ3) is 3.24. The molecule has 1 heterocycles. The van der Waals surface area contributed by atoms with Gasteiger partial charge >= 0.3 is 0 Å². The summed E-state index contributed by atoms with van der Waals surface area (Å²) in [5.74, 6) is 5.36. The van der Waals surface area contributed by atoms with Gasteiger partial charge in [-0.15, -0.1) is 0 Å². The number of hydrogen-bond donors (Lipinski definition) is 3. The van der Waals surface area contributed by atoms with Gasteiger partial charge in [0.15, 0.2) is 0 Å². The van der Waals surface area contributed by atoms with E-state index >= 15 is 0 Å². The number of nitrogens with two attached hydrogens (primary N) is 1. The minimum Gasteiger partial charge on any atom is -0.381 e. The zero-order chi connectivity index (χ0) is 13.9. The summed E-state index contributed by atoms with van der Waals surface area (Å²) in [5, 5.41) is 3.10. The number of hydrogen-bond acceptors (Lipinski definition) is 4. The highest BCUT2D eigenvalue weighted by Gasteiger charge is 2.29. The van der Waals surface area contributed by atoms with E-state index in [4.69, 9.17) is 10.6 Å². The lowest BCUT2D eigenvalue weighted by Crippen LogP contribution is -2.49. The molecule has 4 N–H and O–H groups in total. The van der Waals surface area contributed by atoms with Crippen molar-refractivity contribution in [2.24, 2.45) is 5.84 Å². The molecule has 1 saturated heterocycles. The van der Waals surface area contributed by atoms with Gasteiger partial charge in [-0.2, -0.15) is 0 Å². The van der Waals surface area contributed by atoms with E-state index in [1.807, 2.05) is 25.1 Å². The molecule has 1 aliphatic heterocycles. The fraction of sp³-hybridized carbons (Fsp3) is 0.500. The summed E-state index contributed by atoms with van der Waals surface area (Å²) in [6.45, 7) is 5.38. The zero-order valence-electron chi connectivity index (χ0n) is 11.5. The Morgan fingerprint density at radius 3 is 2.68 bits per heavy atom. The summed E-state index contributed by atoms with van der Waals surface area (Å²) >= 11 is 0. The predicted octanol–water partition coefficient (Wildman–Crippen LogP) is 1.58. The van der Waals surface area contributed by atoms with Crippen LogP contribution in [0.3, 0.4) is 0 Å². The quantitative estimate of drug-likeness (QED) is 0.571. The number of carbonyl (C=O) groups excluding carboxylic acids is 1. The molecule has 0 bridgehead atoms. The number of amides is 1. The largest absolute Gasteiger partial charge is 0.381 e. The van der Waals surface area contributed by atoms with Gasteiger partial charge < -0.3 is 15.5 Å². The first kappa shape index (κ1) is 13.8. The summed E-state index contributed by atoms with van der Waals surface area (Å²) in [4.78, 5) is 12.4. The number of anilines is 1. The number of nitrogens with one attached hydrogen (secondary N) is 2. The molecular weight excluding hydrogens is 242 g/mol. The van der Waals surface area contributed by atoms with Crippen molar-refractivity contribution in [3.05, 3.63) is 29.3 Å². The number of ether oxygens (including phenoxy) is 1. The molecule has 1 fully saturated rings. The summed E-state index contributed by atoms with van der Waals surface area (Å²) in [6.07, 6.45) is 1.66. The summed E-state index contributed by atoms with van der Waals surface area (Å²) in [6, 6.07) is 5.58. The number of benzene rings is 1. The van der Waals surface area contributed by atoms with E-state index in [9.17, 15) is 4.79 Å². The van der Waals surface area contributed by atoms with Crippen LogP contribution in [0.15, 0.2) is 18.2 Å². The third-order valence-corrected chi connectivity index (χ3v) is 3.59. The number of hydrazine groups is 1. The van der Waals surface area contributed by atoms with Crippen molar-refractivity contribution in [2.75, 3.05) is 18.6 Å². The van der Waals surface area contributed by atoms with E-state index in [1.165, 1.54) is 0 Å². The van der Waals surface area contributed by atoms with Crippen molar-refractivity contribution in [1.82, 2.24) is 5.32 Å². The van der Waals surface area contributed by atoms with E-state index in [-0.39, 0.29) is 11.4 Å². The van der Waals surface area contributed by atoms with Crippen molar-refractivity contribution in [3.63, 3.8) is 0 Å². The van der Waals surface area contributed by atoms with E-state index in [2.05, 4.69) is 17.7 Å². The summed E-state index contributed by atoms with van der Waals surface area (Å²) < 4.78 is 5.33. The van der Waals surface area contributed by atoms with Gasteiger partial charge in [0.2, 0.25) is 0 Å². The van der Waals surface area contributed by atoms with Gasteiger partial charge in [0.1, 0.15) is 0 Å². The molecule has 0 saturated carbocycles. The Morgan fingerprint density at radius 2 is 2.05 bits per heavy atom. The number of rotatable bonds is 3. The number of aryl methyl sites for hydroxylation is 1. The standard InChI is InChI=1S/C14H21N3O2/c1-10-3-4-12(17-15)11(9-10)13(18)16-14(2)5-7-19-8-6-14/h3-4,9,17H,5-8,15H2,1-2H3,(H,16,18). The molecule has 19 heavy (non-hydrogen) atoms. The Hall–Kier alpha value is -1.59. The highest BCUT2D eigenvalue weighted by atomic mass is 16.5. The SMILES string of the molecule is Cc1ccc(NN)c(C(=O)NC2(C)CCOCC2)c1. The average Bonchev–Trinajstić information content (AvgIpc) is 2.39. The van der Waals surface area contributed by atoms with Crippen LogP contribution in [0.25, 0.3) is 0 Å². The van der Waals surface area contributed by atoms with Gasteiger partial charge in [-0.3, -0.25) is 10.6 Å². The zero-order valence-corrected chi connectivity index (χ0v) is 11.5. The van der Waals surface area contributed by atoms with Crippen LogP contribution in [0, 0.1) is 6.92 Å². The average molecular weight is 263 g/mol. The maximum atomic E-state index is 12.4. The van der Waals surface area contributed by atoms with Gasteiger partial charge in [0.25, 0.3) is 5.91 Å². The molecule has 0 radical (unpaired) electrons. The molecule has 5 nitrogen and oxygen atoms in total. The van der Waals surface area contributed by atoms with Crippen molar-refractivity contribution in [3.8, 4) is 0 Å².